The van der Waals surface area contributed by atoms with Crippen molar-refractivity contribution in [2.75, 3.05) is 38.3 Å². The molecule has 1 aromatic carbocycles. The molecule has 1 saturated heterocycles. The van der Waals surface area contributed by atoms with E-state index in [0.717, 1.165) is 31.9 Å². The maximum Gasteiger partial charge on any atom is 0.242 e. The van der Waals surface area contributed by atoms with Gasteiger partial charge in [-0.05, 0) is 24.6 Å². The number of anilines is 1. The van der Waals surface area contributed by atoms with Crippen LogP contribution in [0.4, 0.5) is 5.69 Å². The first-order valence-corrected chi connectivity index (χ1v) is 7.05. The van der Waals surface area contributed by atoms with E-state index in [0.29, 0.717) is 6.54 Å². The van der Waals surface area contributed by atoms with Gasteiger partial charge in [0.2, 0.25) is 5.91 Å². The lowest BCUT2D eigenvalue weighted by Crippen LogP contribution is -2.54. The van der Waals surface area contributed by atoms with Gasteiger partial charge in [-0.1, -0.05) is 12.1 Å². The van der Waals surface area contributed by atoms with Crippen molar-refractivity contribution >= 4 is 11.6 Å². The van der Waals surface area contributed by atoms with Gasteiger partial charge in [0.15, 0.2) is 0 Å². The molecule has 1 heterocycles. The van der Waals surface area contributed by atoms with E-state index in [1.807, 2.05) is 6.92 Å². The Morgan fingerprint density at radius 1 is 1.40 bits per heavy atom. The van der Waals surface area contributed by atoms with Gasteiger partial charge >= 0.3 is 0 Å². The number of ether oxygens (including phenoxy) is 1. The van der Waals surface area contributed by atoms with Gasteiger partial charge in [0, 0.05) is 39.0 Å². The predicted octanol–water partition coefficient (Wildman–Crippen LogP) is 0.747. The Morgan fingerprint density at radius 2 is 2.15 bits per heavy atom. The molecule has 5 heteroatoms. The summed E-state index contributed by atoms with van der Waals surface area (Å²) in [6, 6.07) is 8.28. The smallest absolute Gasteiger partial charge is 0.242 e. The second-order valence-corrected chi connectivity index (χ2v) is 5.00. The number of carbonyl (C=O) groups excluding carboxylic acids is 1. The average molecular weight is 277 g/mol. The van der Waals surface area contributed by atoms with Crippen LogP contribution in [0.5, 0.6) is 0 Å². The molecule has 1 fully saturated rings. The molecule has 0 spiro atoms. The van der Waals surface area contributed by atoms with Crippen LogP contribution in [0.15, 0.2) is 24.3 Å². The number of amides is 1. The number of rotatable bonds is 6. The first kappa shape index (κ1) is 14.8. The molecule has 0 saturated carbocycles. The van der Waals surface area contributed by atoms with E-state index in [1.165, 1.54) is 5.56 Å². The van der Waals surface area contributed by atoms with Crippen LogP contribution >= 0.6 is 0 Å². The molecule has 1 amide bonds. The number of methoxy groups -OCH3 is 1. The van der Waals surface area contributed by atoms with Gasteiger partial charge in [0.05, 0.1) is 6.61 Å². The molecule has 1 unspecified atom stereocenters. The van der Waals surface area contributed by atoms with Crippen LogP contribution in [0.25, 0.3) is 0 Å². The zero-order valence-electron chi connectivity index (χ0n) is 12.2. The number of benzene rings is 1. The van der Waals surface area contributed by atoms with Crippen molar-refractivity contribution in [1.82, 2.24) is 10.6 Å². The lowest BCUT2D eigenvalue weighted by Gasteiger charge is -2.34. The summed E-state index contributed by atoms with van der Waals surface area (Å²) in [7, 11) is 1.70. The highest BCUT2D eigenvalue weighted by Gasteiger charge is 2.25. The molecule has 0 radical (unpaired) electrons. The lowest BCUT2D eigenvalue weighted by atomic mass is 10.1. The summed E-state index contributed by atoms with van der Waals surface area (Å²) in [5.41, 5.74) is 2.34. The quantitative estimate of drug-likeness (QED) is 0.753. The minimum Gasteiger partial charge on any atom is -0.383 e. The van der Waals surface area contributed by atoms with Crippen molar-refractivity contribution in [2.24, 2.45) is 0 Å². The van der Waals surface area contributed by atoms with Crippen LogP contribution in [0, 0.1) is 0 Å². The van der Waals surface area contributed by atoms with E-state index in [1.54, 1.807) is 7.11 Å². The van der Waals surface area contributed by atoms with Gasteiger partial charge in [-0.2, -0.15) is 0 Å². The lowest BCUT2D eigenvalue weighted by molar-refractivity contribution is -0.122. The number of hydrogen-bond acceptors (Lipinski definition) is 4. The molecule has 5 nitrogen and oxygen atoms in total. The normalized spacial score (nSPS) is 19.0. The highest BCUT2D eigenvalue weighted by Crippen LogP contribution is 2.19. The summed E-state index contributed by atoms with van der Waals surface area (Å²) in [4.78, 5) is 13.8. The Kier molecular flexibility index (Phi) is 5.38. The minimum absolute atomic E-state index is 0.0987. The van der Waals surface area contributed by atoms with E-state index >= 15 is 0 Å². The van der Waals surface area contributed by atoms with Crippen LogP contribution in [-0.2, 0) is 16.1 Å². The van der Waals surface area contributed by atoms with E-state index in [9.17, 15) is 4.79 Å². The Labute approximate surface area is 120 Å². The molecule has 110 valence electrons. The Balaban J connectivity index is 1.92. The largest absolute Gasteiger partial charge is 0.383 e. The van der Waals surface area contributed by atoms with E-state index < -0.39 is 0 Å². The first-order valence-electron chi connectivity index (χ1n) is 7.05. The zero-order chi connectivity index (χ0) is 14.4. The summed E-state index contributed by atoms with van der Waals surface area (Å²) < 4.78 is 4.99. The van der Waals surface area contributed by atoms with Gasteiger partial charge in [-0.15, -0.1) is 0 Å². The fourth-order valence-electron chi connectivity index (χ4n) is 2.35. The first-order chi connectivity index (χ1) is 9.72. The highest BCUT2D eigenvalue weighted by molar-refractivity contribution is 5.86. The van der Waals surface area contributed by atoms with Crippen LogP contribution in [0.1, 0.15) is 12.5 Å². The van der Waals surface area contributed by atoms with E-state index in [2.05, 4.69) is 39.8 Å². The standard InChI is InChI=1S/C15H23N3O2/c1-12-15(19)17-7-9-18(12)14-5-3-13(4-6-14)11-16-8-10-20-2/h3-6,12,16H,7-11H2,1-2H3,(H,17,19). The van der Waals surface area contributed by atoms with Crippen molar-refractivity contribution in [3.8, 4) is 0 Å². The number of hydrogen-bond donors (Lipinski definition) is 2. The molecule has 20 heavy (non-hydrogen) atoms. The minimum atomic E-state index is -0.102. The summed E-state index contributed by atoms with van der Waals surface area (Å²) in [5, 5.41) is 6.20. The third-order valence-corrected chi connectivity index (χ3v) is 3.58. The summed E-state index contributed by atoms with van der Waals surface area (Å²) in [5.74, 6) is 0.0987. The van der Waals surface area contributed by atoms with Crippen molar-refractivity contribution in [3.05, 3.63) is 29.8 Å². The number of piperazine rings is 1. The third kappa shape index (κ3) is 3.71. The molecule has 0 aliphatic carbocycles. The molecular weight excluding hydrogens is 254 g/mol. The topological polar surface area (TPSA) is 53.6 Å². The van der Waals surface area contributed by atoms with Crippen molar-refractivity contribution < 1.29 is 9.53 Å². The van der Waals surface area contributed by atoms with Crippen molar-refractivity contribution in [2.45, 2.75) is 19.5 Å². The number of carbonyl (C=O) groups is 1. The molecule has 0 aromatic heterocycles. The van der Waals surface area contributed by atoms with E-state index in [4.69, 9.17) is 4.74 Å². The zero-order valence-corrected chi connectivity index (χ0v) is 12.2. The SMILES string of the molecule is COCCNCc1ccc(N2CCNC(=O)C2C)cc1. The summed E-state index contributed by atoms with van der Waals surface area (Å²) in [6.07, 6.45) is 0. The van der Waals surface area contributed by atoms with Crippen LogP contribution in [0.3, 0.4) is 0 Å². The van der Waals surface area contributed by atoms with E-state index in [-0.39, 0.29) is 11.9 Å². The molecule has 1 aliphatic rings. The molecular formula is C15H23N3O2. The fourth-order valence-corrected chi connectivity index (χ4v) is 2.35. The predicted molar refractivity (Wildman–Crippen MR) is 79.8 cm³/mol. The molecule has 1 aromatic rings. The van der Waals surface area contributed by atoms with Gasteiger partial charge in [-0.25, -0.2) is 0 Å². The maximum absolute atomic E-state index is 11.7. The molecule has 2 rings (SSSR count). The van der Waals surface area contributed by atoms with Crippen LogP contribution in [-0.4, -0.2) is 45.3 Å². The van der Waals surface area contributed by atoms with Gasteiger partial charge in [-0.3, -0.25) is 4.79 Å². The van der Waals surface area contributed by atoms with Crippen LogP contribution < -0.4 is 15.5 Å². The molecule has 0 bridgehead atoms. The Hall–Kier alpha value is -1.59. The Bertz CT molecular complexity index is 433. The number of nitrogens with zero attached hydrogens (tertiary/aromatic N) is 1. The molecule has 2 N–H and O–H groups in total. The van der Waals surface area contributed by atoms with Crippen molar-refractivity contribution in [3.63, 3.8) is 0 Å². The number of nitrogens with one attached hydrogen (secondary N) is 2. The molecule has 1 atom stereocenters. The molecule has 1 aliphatic heterocycles. The van der Waals surface area contributed by atoms with Gasteiger partial charge in [0.25, 0.3) is 0 Å². The maximum atomic E-state index is 11.7. The van der Waals surface area contributed by atoms with Gasteiger partial charge in [0.1, 0.15) is 6.04 Å². The van der Waals surface area contributed by atoms with Crippen LogP contribution in [0.2, 0.25) is 0 Å². The Morgan fingerprint density at radius 3 is 2.85 bits per heavy atom. The van der Waals surface area contributed by atoms with Crippen molar-refractivity contribution in [1.29, 1.82) is 0 Å². The second kappa shape index (κ2) is 7.26. The highest BCUT2D eigenvalue weighted by atomic mass is 16.5. The summed E-state index contributed by atoms with van der Waals surface area (Å²) >= 11 is 0. The third-order valence-electron chi connectivity index (χ3n) is 3.58. The fraction of sp³-hybridized carbons (Fsp3) is 0.533. The monoisotopic (exact) mass is 277 g/mol. The second-order valence-electron chi connectivity index (χ2n) is 5.00. The summed E-state index contributed by atoms with van der Waals surface area (Å²) in [6.45, 7) is 5.91. The van der Waals surface area contributed by atoms with Gasteiger partial charge < -0.3 is 20.3 Å². The average Bonchev–Trinajstić information content (AvgIpc) is 2.47.